The van der Waals surface area contributed by atoms with Gasteiger partial charge >= 0.3 is 5.97 Å². The Balaban J connectivity index is 1.69. The van der Waals surface area contributed by atoms with Crippen LogP contribution in [0.3, 0.4) is 0 Å². The van der Waals surface area contributed by atoms with Gasteiger partial charge in [0.25, 0.3) is 0 Å². The Labute approximate surface area is 167 Å². The molecule has 0 aliphatic heterocycles. The number of para-hydroxylation sites is 1. The summed E-state index contributed by atoms with van der Waals surface area (Å²) in [5.74, 6) is 0.576. The summed E-state index contributed by atoms with van der Waals surface area (Å²) in [6, 6.07) is 14.8. The Morgan fingerprint density at radius 2 is 1.89 bits per heavy atom. The number of fused-ring (bicyclic) bond motifs is 1. The molecule has 0 N–H and O–H groups in total. The molecule has 0 fully saturated rings. The molecular weight excluding hydrogens is 428 g/mol. The molecule has 4 rings (SSSR count). The highest BCUT2D eigenvalue weighted by Gasteiger charge is 2.17. The number of furan rings is 1. The third-order valence-electron chi connectivity index (χ3n) is 3.97. The second kappa shape index (κ2) is 7.36. The predicted octanol–water partition coefficient (Wildman–Crippen LogP) is 5.47. The van der Waals surface area contributed by atoms with Crippen LogP contribution in [0, 0.1) is 6.92 Å². The van der Waals surface area contributed by atoms with Gasteiger partial charge in [-0.2, -0.15) is 0 Å². The van der Waals surface area contributed by atoms with Gasteiger partial charge in [0.2, 0.25) is 16.9 Å². The van der Waals surface area contributed by atoms with Crippen LogP contribution < -0.4 is 14.9 Å². The van der Waals surface area contributed by atoms with Gasteiger partial charge in [0, 0.05) is 6.07 Å². The molecule has 7 heteroatoms. The maximum atomic E-state index is 12.9. The van der Waals surface area contributed by atoms with Crippen molar-refractivity contribution in [3.05, 3.63) is 87.1 Å². The average molecular weight is 441 g/mol. The summed E-state index contributed by atoms with van der Waals surface area (Å²) in [5.41, 5.74) is -0.0369. The lowest BCUT2D eigenvalue weighted by Crippen LogP contribution is -2.09. The second-order valence-electron chi connectivity index (χ2n) is 5.87. The van der Waals surface area contributed by atoms with Crippen molar-refractivity contribution < 1.29 is 23.1 Å². The molecule has 140 valence electrons. The fraction of sp³-hybridized carbons (Fsp3) is 0.0476. The summed E-state index contributed by atoms with van der Waals surface area (Å²) < 4.78 is 22.5. The lowest BCUT2D eigenvalue weighted by atomic mass is 10.2. The van der Waals surface area contributed by atoms with E-state index in [0.717, 1.165) is 0 Å². The number of hydrogen-bond donors (Lipinski definition) is 0. The van der Waals surface area contributed by atoms with Crippen molar-refractivity contribution in [3.8, 4) is 17.2 Å². The van der Waals surface area contributed by atoms with E-state index in [9.17, 15) is 9.59 Å². The number of carbonyl (C=O) groups is 1. The number of ether oxygens (including phenoxy) is 2. The summed E-state index contributed by atoms with van der Waals surface area (Å²) in [5, 5.41) is 0.311. The second-order valence-corrected chi connectivity index (χ2v) is 6.73. The molecule has 2 aromatic heterocycles. The number of esters is 1. The number of hydrogen-bond acceptors (Lipinski definition) is 6. The quantitative estimate of drug-likeness (QED) is 0.309. The topological polar surface area (TPSA) is 78.9 Å². The first-order chi connectivity index (χ1) is 13.5. The van der Waals surface area contributed by atoms with Crippen LogP contribution in [-0.2, 0) is 0 Å². The van der Waals surface area contributed by atoms with E-state index in [1.54, 1.807) is 25.1 Å². The Morgan fingerprint density at radius 1 is 1.07 bits per heavy atom. The van der Waals surface area contributed by atoms with Crippen molar-refractivity contribution in [2.45, 2.75) is 6.92 Å². The first-order valence-electron chi connectivity index (χ1n) is 8.28. The van der Waals surface area contributed by atoms with Crippen molar-refractivity contribution >= 4 is 32.9 Å². The number of halogens is 1. The zero-order chi connectivity index (χ0) is 19.7. The predicted molar refractivity (Wildman–Crippen MR) is 105 cm³/mol. The highest BCUT2D eigenvalue weighted by Crippen LogP contribution is 2.31. The Morgan fingerprint density at radius 3 is 2.64 bits per heavy atom. The molecular formula is C21H13BrO6. The van der Waals surface area contributed by atoms with Crippen molar-refractivity contribution in [2.24, 2.45) is 0 Å². The maximum absolute atomic E-state index is 12.9. The summed E-state index contributed by atoms with van der Waals surface area (Å²) in [6.45, 7) is 1.63. The van der Waals surface area contributed by atoms with Gasteiger partial charge in [-0.1, -0.05) is 12.1 Å². The summed E-state index contributed by atoms with van der Waals surface area (Å²) >= 11 is 3.39. The van der Waals surface area contributed by atoms with Crippen LogP contribution in [0.4, 0.5) is 0 Å². The van der Waals surface area contributed by atoms with Gasteiger partial charge in [0.15, 0.2) is 0 Å². The van der Waals surface area contributed by atoms with E-state index >= 15 is 0 Å². The van der Waals surface area contributed by atoms with Crippen LogP contribution in [0.15, 0.2) is 79.0 Å². The number of aryl methyl sites for hydroxylation is 1. The molecule has 0 aliphatic carbocycles. The van der Waals surface area contributed by atoms with E-state index in [2.05, 4.69) is 15.9 Å². The molecule has 0 spiro atoms. The minimum atomic E-state index is -0.641. The largest absolute Gasteiger partial charge is 0.457 e. The van der Waals surface area contributed by atoms with Crippen LogP contribution in [0.25, 0.3) is 11.0 Å². The molecule has 0 aliphatic rings. The third kappa shape index (κ3) is 3.44. The highest BCUT2D eigenvalue weighted by molar-refractivity contribution is 9.10. The van der Waals surface area contributed by atoms with E-state index in [-0.39, 0.29) is 28.3 Å². The van der Waals surface area contributed by atoms with Gasteiger partial charge in [-0.05, 0) is 59.3 Å². The first-order valence-corrected chi connectivity index (χ1v) is 9.08. The van der Waals surface area contributed by atoms with E-state index in [1.807, 2.05) is 12.1 Å². The van der Waals surface area contributed by atoms with E-state index in [1.165, 1.54) is 30.5 Å². The SMILES string of the molecule is Cc1oc2cc(OC(=O)c3ccco3)ccc2c(=O)c1Oc1ccccc1Br. The molecule has 4 aromatic rings. The Bertz CT molecular complexity index is 1220. The molecule has 0 atom stereocenters. The molecule has 0 unspecified atom stereocenters. The van der Waals surface area contributed by atoms with Crippen LogP contribution in [0.5, 0.6) is 17.2 Å². The molecule has 0 radical (unpaired) electrons. The summed E-state index contributed by atoms with van der Waals surface area (Å²) in [4.78, 5) is 24.9. The Hall–Kier alpha value is -3.32. The average Bonchev–Trinajstić information content (AvgIpc) is 3.21. The van der Waals surface area contributed by atoms with Gasteiger partial charge in [0.1, 0.15) is 22.8 Å². The molecule has 2 aromatic carbocycles. The molecule has 28 heavy (non-hydrogen) atoms. The third-order valence-corrected chi connectivity index (χ3v) is 4.62. The summed E-state index contributed by atoms with van der Waals surface area (Å²) in [7, 11) is 0. The smallest absolute Gasteiger partial charge is 0.379 e. The zero-order valence-corrected chi connectivity index (χ0v) is 16.2. The van der Waals surface area contributed by atoms with Crippen molar-refractivity contribution in [1.29, 1.82) is 0 Å². The number of carbonyl (C=O) groups excluding carboxylic acids is 1. The molecule has 0 saturated heterocycles. The van der Waals surface area contributed by atoms with Crippen LogP contribution in [0.2, 0.25) is 0 Å². The van der Waals surface area contributed by atoms with Gasteiger partial charge in [-0.3, -0.25) is 4.79 Å². The lowest BCUT2D eigenvalue weighted by molar-refractivity contribution is 0.0701. The zero-order valence-electron chi connectivity index (χ0n) is 14.6. The van der Waals surface area contributed by atoms with E-state index in [0.29, 0.717) is 21.4 Å². The number of benzene rings is 2. The normalized spacial score (nSPS) is 10.8. The molecule has 2 heterocycles. The van der Waals surface area contributed by atoms with Crippen LogP contribution >= 0.6 is 15.9 Å². The molecule has 0 bridgehead atoms. The number of rotatable bonds is 4. The van der Waals surface area contributed by atoms with Gasteiger partial charge < -0.3 is 18.3 Å². The van der Waals surface area contributed by atoms with Crippen LogP contribution in [0.1, 0.15) is 16.3 Å². The molecule has 0 saturated carbocycles. The standard InChI is InChI=1S/C21H13BrO6/c1-12-20(28-16-6-3-2-5-15(16)22)19(23)14-9-8-13(11-18(14)26-12)27-21(24)17-7-4-10-25-17/h2-11H,1H3. The van der Waals surface area contributed by atoms with Crippen molar-refractivity contribution in [2.75, 3.05) is 0 Å². The van der Waals surface area contributed by atoms with Gasteiger partial charge in [-0.25, -0.2) is 4.79 Å². The fourth-order valence-corrected chi connectivity index (χ4v) is 3.01. The van der Waals surface area contributed by atoms with Gasteiger partial charge in [0.05, 0.1) is 16.1 Å². The van der Waals surface area contributed by atoms with Crippen molar-refractivity contribution in [3.63, 3.8) is 0 Å². The van der Waals surface area contributed by atoms with Gasteiger partial charge in [-0.15, -0.1) is 0 Å². The minimum absolute atomic E-state index is 0.0786. The summed E-state index contributed by atoms with van der Waals surface area (Å²) in [6.07, 6.45) is 1.38. The Kier molecular flexibility index (Phi) is 4.75. The molecule has 6 nitrogen and oxygen atoms in total. The van der Waals surface area contributed by atoms with E-state index < -0.39 is 5.97 Å². The fourth-order valence-electron chi connectivity index (χ4n) is 2.64. The molecule has 0 amide bonds. The lowest BCUT2D eigenvalue weighted by Gasteiger charge is -2.10. The monoisotopic (exact) mass is 440 g/mol. The van der Waals surface area contributed by atoms with Crippen LogP contribution in [-0.4, -0.2) is 5.97 Å². The maximum Gasteiger partial charge on any atom is 0.379 e. The van der Waals surface area contributed by atoms with E-state index in [4.69, 9.17) is 18.3 Å². The minimum Gasteiger partial charge on any atom is -0.457 e. The van der Waals surface area contributed by atoms with Crippen molar-refractivity contribution in [1.82, 2.24) is 0 Å². The first kappa shape index (κ1) is 18.1. The highest BCUT2D eigenvalue weighted by atomic mass is 79.9.